The van der Waals surface area contributed by atoms with E-state index in [1.54, 1.807) is 0 Å². The maximum absolute atomic E-state index is 2.53. The van der Waals surface area contributed by atoms with E-state index in [1.807, 2.05) is 0 Å². The third-order valence-electron chi connectivity index (χ3n) is 7.24. The maximum Gasteiger partial charge on any atom is 0.0549 e. The van der Waals surface area contributed by atoms with Crippen molar-refractivity contribution in [2.45, 2.75) is 67.7 Å². The zero-order chi connectivity index (χ0) is 24.8. The normalized spacial score (nSPS) is 16.1. The van der Waals surface area contributed by atoms with E-state index in [1.165, 1.54) is 55.6 Å². The molecule has 1 aliphatic carbocycles. The molecule has 1 aliphatic rings. The van der Waals surface area contributed by atoms with Gasteiger partial charge in [-0.3, -0.25) is 0 Å². The molecule has 0 N–H and O–H groups in total. The van der Waals surface area contributed by atoms with Crippen molar-refractivity contribution >= 4 is 0 Å². The van der Waals surface area contributed by atoms with Gasteiger partial charge in [-0.15, -0.1) is 0 Å². The largest absolute Gasteiger partial charge is 0.0757 e. The molecule has 176 valence electrons. The highest BCUT2D eigenvalue weighted by Crippen LogP contribution is 2.51. The molecule has 0 spiro atoms. The molecule has 0 amide bonds. The first-order valence-electron chi connectivity index (χ1n) is 12.6. The predicted octanol–water partition coefficient (Wildman–Crippen LogP) is 9.03. The lowest BCUT2D eigenvalue weighted by Crippen LogP contribution is -2.36. The second kappa shape index (κ2) is 8.73. The van der Waals surface area contributed by atoms with E-state index < -0.39 is 0 Å². The summed E-state index contributed by atoms with van der Waals surface area (Å²) in [5, 5.41) is 0. The van der Waals surface area contributed by atoms with E-state index in [0.29, 0.717) is 0 Å². The van der Waals surface area contributed by atoms with Gasteiger partial charge in [-0.2, -0.15) is 0 Å². The first-order chi connectivity index (χ1) is 15.9. The quantitative estimate of drug-likeness (QED) is 0.349. The summed E-state index contributed by atoms with van der Waals surface area (Å²) in [7, 11) is 0. The smallest absolute Gasteiger partial charge is 0.0549 e. The Balaban J connectivity index is 2.18. The summed E-state index contributed by atoms with van der Waals surface area (Å²) < 4.78 is 0. The number of rotatable bonds is 4. The van der Waals surface area contributed by atoms with Crippen LogP contribution in [0.3, 0.4) is 0 Å². The van der Waals surface area contributed by atoms with E-state index in [4.69, 9.17) is 0 Å². The topological polar surface area (TPSA) is 0 Å². The molecule has 0 nitrogen and oxygen atoms in total. The fourth-order valence-electron chi connectivity index (χ4n) is 5.97. The summed E-state index contributed by atoms with van der Waals surface area (Å²) in [6, 6.07) is 21.4. The van der Waals surface area contributed by atoms with Crippen LogP contribution in [0, 0.1) is 52.9 Å². The fourth-order valence-corrected chi connectivity index (χ4v) is 5.97. The minimum atomic E-state index is -0.312. The van der Waals surface area contributed by atoms with Gasteiger partial charge in [-0.1, -0.05) is 127 Å². The molecule has 0 saturated heterocycles. The van der Waals surface area contributed by atoms with Crippen molar-refractivity contribution in [2.24, 2.45) is 11.3 Å². The molecule has 0 heterocycles. The van der Waals surface area contributed by atoms with Crippen molar-refractivity contribution in [3.8, 4) is 0 Å². The SMILES string of the molecule is Cc1cc(C)cc(C(c2cc(C)cc(C)c2)(c2cc(C)cc(C)c2)C2C=CC(C(C)(C)C)=C2)c1. The second-order valence-corrected chi connectivity index (χ2v) is 11.7. The summed E-state index contributed by atoms with van der Waals surface area (Å²) in [6.07, 6.45) is 7.36. The van der Waals surface area contributed by atoms with Crippen LogP contribution < -0.4 is 0 Å². The first-order valence-corrected chi connectivity index (χ1v) is 12.6. The minimum Gasteiger partial charge on any atom is -0.0757 e. The van der Waals surface area contributed by atoms with Crippen molar-refractivity contribution in [1.29, 1.82) is 0 Å². The third-order valence-corrected chi connectivity index (χ3v) is 7.24. The zero-order valence-electron chi connectivity index (χ0n) is 22.5. The molecule has 0 aromatic heterocycles. The molecule has 34 heavy (non-hydrogen) atoms. The number of aryl methyl sites for hydroxylation is 6. The molecular weight excluding hydrogens is 408 g/mol. The van der Waals surface area contributed by atoms with E-state index in [-0.39, 0.29) is 16.7 Å². The molecule has 0 bridgehead atoms. The minimum absolute atomic E-state index is 0.116. The molecule has 0 fully saturated rings. The Morgan fingerprint density at radius 2 is 0.824 bits per heavy atom. The fraction of sp³-hybridized carbons (Fsp3) is 0.353. The maximum atomic E-state index is 2.53. The Kier molecular flexibility index (Phi) is 6.23. The average Bonchev–Trinajstić information content (AvgIpc) is 3.17. The summed E-state index contributed by atoms with van der Waals surface area (Å²) in [4.78, 5) is 0. The van der Waals surface area contributed by atoms with Crippen molar-refractivity contribution in [2.75, 3.05) is 0 Å². The van der Waals surface area contributed by atoms with Gasteiger partial charge in [0.05, 0.1) is 5.41 Å². The Hall–Kier alpha value is -2.86. The molecule has 0 radical (unpaired) electrons. The van der Waals surface area contributed by atoms with Crippen molar-refractivity contribution in [3.05, 3.63) is 128 Å². The van der Waals surface area contributed by atoms with Gasteiger partial charge in [-0.05, 0) is 69.2 Å². The number of allylic oxidation sites excluding steroid dienone is 4. The Bertz CT molecular complexity index is 1100. The van der Waals surface area contributed by atoms with Gasteiger partial charge in [-0.25, -0.2) is 0 Å². The Morgan fingerprint density at radius 3 is 1.09 bits per heavy atom. The molecule has 0 heteroatoms. The van der Waals surface area contributed by atoms with Crippen LogP contribution in [-0.4, -0.2) is 0 Å². The standard InChI is InChI=1S/C34H40/c1-22-12-23(2)16-30(15-22)34(31-17-24(3)13-25(4)18-31,32-19-26(5)14-27(6)20-32)29-11-10-28(21-29)33(7,8)9/h10-21,29H,1-9H3. The van der Waals surface area contributed by atoms with Gasteiger partial charge in [0.15, 0.2) is 0 Å². The highest BCUT2D eigenvalue weighted by atomic mass is 14.5. The van der Waals surface area contributed by atoms with Crippen LogP contribution in [0.25, 0.3) is 0 Å². The van der Waals surface area contributed by atoms with Gasteiger partial charge < -0.3 is 0 Å². The van der Waals surface area contributed by atoms with E-state index >= 15 is 0 Å². The summed E-state index contributed by atoms with van der Waals surface area (Å²) in [5.74, 6) is 0.227. The highest BCUT2D eigenvalue weighted by molar-refractivity contribution is 5.59. The predicted molar refractivity (Wildman–Crippen MR) is 148 cm³/mol. The van der Waals surface area contributed by atoms with Crippen molar-refractivity contribution in [1.82, 2.24) is 0 Å². The van der Waals surface area contributed by atoms with Gasteiger partial charge in [0.2, 0.25) is 0 Å². The van der Waals surface area contributed by atoms with Crippen LogP contribution in [0.5, 0.6) is 0 Å². The molecule has 1 unspecified atom stereocenters. The van der Waals surface area contributed by atoms with Crippen LogP contribution in [-0.2, 0) is 5.41 Å². The Morgan fingerprint density at radius 1 is 0.500 bits per heavy atom. The number of benzene rings is 3. The summed E-state index contributed by atoms with van der Waals surface area (Å²) >= 11 is 0. The molecule has 4 rings (SSSR count). The lowest BCUT2D eigenvalue weighted by atomic mass is 9.61. The molecule has 1 atom stereocenters. The van der Waals surface area contributed by atoms with Crippen LogP contribution >= 0.6 is 0 Å². The third kappa shape index (κ3) is 4.43. The van der Waals surface area contributed by atoms with E-state index in [9.17, 15) is 0 Å². The van der Waals surface area contributed by atoms with Crippen molar-refractivity contribution < 1.29 is 0 Å². The molecular formula is C34H40. The molecule has 0 saturated carbocycles. The number of hydrogen-bond acceptors (Lipinski definition) is 0. The van der Waals surface area contributed by atoms with E-state index in [2.05, 4.69) is 135 Å². The molecule has 3 aromatic rings. The van der Waals surface area contributed by atoms with Crippen LogP contribution in [0.4, 0.5) is 0 Å². The lowest BCUT2D eigenvalue weighted by Gasteiger charge is -2.41. The molecule has 0 aliphatic heterocycles. The number of hydrogen-bond donors (Lipinski definition) is 0. The summed E-state index contributed by atoms with van der Waals surface area (Å²) in [6.45, 7) is 20.3. The van der Waals surface area contributed by atoms with Crippen LogP contribution in [0.15, 0.2) is 78.4 Å². The first kappa shape index (κ1) is 24.3. The second-order valence-electron chi connectivity index (χ2n) is 11.7. The molecule has 3 aromatic carbocycles. The van der Waals surface area contributed by atoms with Gasteiger partial charge in [0.25, 0.3) is 0 Å². The van der Waals surface area contributed by atoms with Crippen LogP contribution in [0.2, 0.25) is 0 Å². The highest BCUT2D eigenvalue weighted by Gasteiger charge is 2.44. The van der Waals surface area contributed by atoms with Gasteiger partial charge in [0, 0.05) is 5.92 Å². The van der Waals surface area contributed by atoms with Crippen molar-refractivity contribution in [3.63, 3.8) is 0 Å². The van der Waals surface area contributed by atoms with Gasteiger partial charge >= 0.3 is 0 Å². The monoisotopic (exact) mass is 448 g/mol. The zero-order valence-corrected chi connectivity index (χ0v) is 22.5. The van der Waals surface area contributed by atoms with Crippen LogP contribution in [0.1, 0.15) is 70.8 Å². The average molecular weight is 449 g/mol. The summed E-state index contributed by atoms with van der Waals surface area (Å²) in [5.41, 5.74) is 13.2. The van der Waals surface area contributed by atoms with Gasteiger partial charge in [0.1, 0.15) is 0 Å². The van der Waals surface area contributed by atoms with E-state index in [0.717, 1.165) is 0 Å². The Labute approximate surface area is 207 Å². The lowest BCUT2D eigenvalue weighted by molar-refractivity contribution is 0.499.